The zero-order valence-corrected chi connectivity index (χ0v) is 18.2. The third kappa shape index (κ3) is 4.55. The number of esters is 2. The molecule has 142 valence electrons. The topological polar surface area (TPSA) is 98.4 Å². The molecule has 0 aliphatic carbocycles. The molecule has 0 atom stereocenters. The number of pyridine rings is 1. The summed E-state index contributed by atoms with van der Waals surface area (Å²) in [4.78, 5) is 36.5. The molecule has 0 unspecified atom stereocenters. The van der Waals surface area contributed by atoms with Gasteiger partial charge in [-0.25, -0.2) is 10.1 Å². The number of aryl methyl sites for hydroxylation is 1. The van der Waals surface area contributed by atoms with Crippen molar-refractivity contribution in [2.75, 3.05) is 13.2 Å². The van der Waals surface area contributed by atoms with Gasteiger partial charge in [0.15, 0.2) is 0 Å². The molecule has 0 bridgehead atoms. The summed E-state index contributed by atoms with van der Waals surface area (Å²) in [7, 11) is 0. The van der Waals surface area contributed by atoms with Gasteiger partial charge in [0.05, 0.1) is 13.2 Å². The van der Waals surface area contributed by atoms with Crippen LogP contribution in [0.2, 0.25) is 0 Å². The molecule has 0 aliphatic rings. The molecule has 7 nitrogen and oxygen atoms in total. The Balaban J connectivity index is 0.00000392. The van der Waals surface area contributed by atoms with E-state index in [-0.39, 0.29) is 64.8 Å². The number of carbonyl (C=O) groups is 2. The Labute approximate surface area is 183 Å². The summed E-state index contributed by atoms with van der Waals surface area (Å²) in [6, 6.07) is 3.80. The minimum absolute atomic E-state index is 0. The minimum atomic E-state index is -0.952. The van der Waals surface area contributed by atoms with Crippen molar-refractivity contribution in [3.05, 3.63) is 51.4 Å². The van der Waals surface area contributed by atoms with Crippen molar-refractivity contribution >= 4 is 22.8 Å². The molecule has 28 heavy (non-hydrogen) atoms. The first kappa shape index (κ1) is 23.7. The largest absolute Gasteiger partial charge is 1.00 e. The Kier molecular flexibility index (Phi) is 8.69. The first-order valence-corrected chi connectivity index (χ1v) is 8.37. The maximum atomic E-state index is 14.6. The molecule has 2 rings (SSSR count). The number of halogens is 1. The van der Waals surface area contributed by atoms with Gasteiger partial charge in [-0.1, -0.05) is 6.07 Å². The molecule has 0 saturated carbocycles. The zero-order chi connectivity index (χ0) is 20.1. The number of fused-ring (bicyclic) bond motifs is 1. The molecule has 0 saturated heterocycles. The fourth-order valence-corrected chi connectivity index (χ4v) is 2.64. The summed E-state index contributed by atoms with van der Waals surface area (Å²) in [6.45, 7) is 5.42. The predicted molar refractivity (Wildman–Crippen MR) is 94.4 cm³/mol. The minimum Gasteiger partial charge on any atom is -0.471 e. The second-order valence-corrected chi connectivity index (χ2v) is 5.43. The Bertz CT molecular complexity index is 996. The third-order valence-corrected chi connectivity index (χ3v) is 3.87. The van der Waals surface area contributed by atoms with E-state index in [1.165, 1.54) is 12.3 Å². The molecule has 0 fully saturated rings. The van der Waals surface area contributed by atoms with Crippen LogP contribution < -0.4 is 35.0 Å². The van der Waals surface area contributed by atoms with E-state index in [1.54, 1.807) is 31.4 Å². The van der Waals surface area contributed by atoms with Crippen molar-refractivity contribution < 1.29 is 53.0 Å². The maximum Gasteiger partial charge on any atom is 1.00 e. The average Bonchev–Trinajstić information content (AvgIpc) is 2.64. The molecular weight excluding hydrogens is 378 g/mol. The standard InChI is InChI=1S/C19H18FN2O5.Na/c1-4-22-10-14(19(25)27-6-3)17(23)12-7-15(20)11(8-16(12)22)13(9-21)18(24)26-5-2;/h7-8,10H,4-6H2,1-3H3;/q-1;+1. The van der Waals surface area contributed by atoms with E-state index in [4.69, 9.17) is 9.47 Å². The Morgan fingerprint density at radius 1 is 1.21 bits per heavy atom. The SMILES string of the molecule is CCOC(=O)c1cn(CC)c2cc([C-](C#N)C(=O)OCC)c(F)cc2c1=O.[Na+]. The monoisotopic (exact) mass is 396 g/mol. The molecule has 1 aromatic heterocycles. The molecule has 1 aromatic carbocycles. The van der Waals surface area contributed by atoms with E-state index >= 15 is 0 Å². The van der Waals surface area contributed by atoms with Crippen LogP contribution >= 0.6 is 0 Å². The molecule has 0 N–H and O–H groups in total. The number of ether oxygens (including phenoxy) is 2. The van der Waals surface area contributed by atoms with E-state index in [1.807, 2.05) is 0 Å². The molecular formula is C19H18FN2NaO5. The summed E-state index contributed by atoms with van der Waals surface area (Å²) >= 11 is 0. The first-order valence-electron chi connectivity index (χ1n) is 8.37. The second kappa shape index (κ2) is 10.3. The van der Waals surface area contributed by atoms with Crippen LogP contribution in [0.3, 0.4) is 0 Å². The number of nitrogens with zero attached hydrogens (tertiary/aromatic N) is 2. The second-order valence-electron chi connectivity index (χ2n) is 5.43. The van der Waals surface area contributed by atoms with Crippen LogP contribution in [0.1, 0.15) is 36.7 Å². The van der Waals surface area contributed by atoms with Crippen molar-refractivity contribution in [3.63, 3.8) is 0 Å². The van der Waals surface area contributed by atoms with Gasteiger partial charge in [0.2, 0.25) is 5.43 Å². The van der Waals surface area contributed by atoms with E-state index in [9.17, 15) is 24.0 Å². The van der Waals surface area contributed by atoms with Gasteiger partial charge in [-0.05, 0) is 26.3 Å². The van der Waals surface area contributed by atoms with Crippen molar-refractivity contribution in [1.82, 2.24) is 4.57 Å². The van der Waals surface area contributed by atoms with Gasteiger partial charge in [-0.2, -0.15) is 0 Å². The maximum absolute atomic E-state index is 14.6. The van der Waals surface area contributed by atoms with Crippen LogP contribution in [0, 0.1) is 23.1 Å². The number of nitriles is 1. The Morgan fingerprint density at radius 2 is 1.86 bits per heavy atom. The van der Waals surface area contributed by atoms with Gasteiger partial charge < -0.3 is 14.0 Å². The molecule has 0 amide bonds. The molecule has 0 radical (unpaired) electrons. The van der Waals surface area contributed by atoms with Crippen molar-refractivity contribution in [2.24, 2.45) is 0 Å². The number of rotatable bonds is 6. The van der Waals surface area contributed by atoms with E-state index in [0.29, 0.717) is 6.54 Å². The fourth-order valence-electron chi connectivity index (χ4n) is 2.64. The van der Waals surface area contributed by atoms with Gasteiger partial charge in [0.1, 0.15) is 5.56 Å². The van der Waals surface area contributed by atoms with Crippen LogP contribution in [0.5, 0.6) is 0 Å². The third-order valence-electron chi connectivity index (χ3n) is 3.87. The smallest absolute Gasteiger partial charge is 0.471 e. The number of hydrogen-bond acceptors (Lipinski definition) is 6. The van der Waals surface area contributed by atoms with Crippen molar-refractivity contribution in [3.8, 4) is 6.07 Å². The molecule has 0 aliphatic heterocycles. The summed E-state index contributed by atoms with van der Waals surface area (Å²) in [6.07, 6.45) is 1.32. The number of aromatic nitrogens is 1. The van der Waals surface area contributed by atoms with Gasteiger partial charge in [-0.15, -0.1) is 11.6 Å². The van der Waals surface area contributed by atoms with Gasteiger partial charge in [0, 0.05) is 35.9 Å². The molecule has 0 spiro atoms. The summed E-state index contributed by atoms with van der Waals surface area (Å²) < 4.78 is 25.8. The first-order chi connectivity index (χ1) is 12.9. The summed E-state index contributed by atoms with van der Waals surface area (Å²) in [5, 5.41) is 9.19. The fraction of sp³-hybridized carbons (Fsp3) is 0.316. The predicted octanol–water partition coefficient (Wildman–Crippen LogP) is -0.650. The zero-order valence-electron chi connectivity index (χ0n) is 16.2. The molecule has 2 aromatic rings. The van der Waals surface area contributed by atoms with E-state index in [2.05, 4.69) is 0 Å². The molecule has 1 heterocycles. The van der Waals surface area contributed by atoms with Crippen molar-refractivity contribution in [1.29, 1.82) is 5.26 Å². The summed E-state index contributed by atoms with van der Waals surface area (Å²) in [5.41, 5.74) is -0.889. The van der Waals surface area contributed by atoms with Crippen LogP contribution in [0.15, 0.2) is 23.1 Å². The van der Waals surface area contributed by atoms with Crippen LogP contribution in [-0.4, -0.2) is 29.7 Å². The van der Waals surface area contributed by atoms with Crippen molar-refractivity contribution in [2.45, 2.75) is 27.3 Å². The van der Waals surface area contributed by atoms with E-state index < -0.39 is 29.1 Å². The number of carbonyl (C=O) groups excluding carboxylic acids is 2. The number of benzene rings is 1. The van der Waals surface area contributed by atoms with Crippen LogP contribution in [0.4, 0.5) is 4.39 Å². The van der Waals surface area contributed by atoms with Gasteiger partial charge in [0.25, 0.3) is 5.97 Å². The van der Waals surface area contributed by atoms with Gasteiger partial charge in [-0.3, -0.25) is 14.0 Å². The van der Waals surface area contributed by atoms with Crippen LogP contribution in [0.25, 0.3) is 10.9 Å². The average molecular weight is 396 g/mol. The quantitative estimate of drug-likeness (QED) is 0.366. The van der Waals surface area contributed by atoms with Crippen LogP contribution in [-0.2, 0) is 20.8 Å². The normalized spacial score (nSPS) is 9.96. The Hall–Kier alpha value is -2.34. The number of hydrogen-bond donors (Lipinski definition) is 0. The molecule has 9 heteroatoms. The van der Waals surface area contributed by atoms with E-state index in [0.717, 1.165) is 6.07 Å². The Morgan fingerprint density at radius 3 is 2.39 bits per heavy atom. The van der Waals surface area contributed by atoms with Gasteiger partial charge >= 0.3 is 35.5 Å². The summed E-state index contributed by atoms with van der Waals surface area (Å²) in [5.74, 6) is -3.19.